The minimum absolute atomic E-state index is 0.0339. The number of rotatable bonds is 13. The molecule has 0 saturated carbocycles. The first-order chi connectivity index (χ1) is 21.3. The maximum atomic E-state index is 13.8. The number of carboxylic acid groups (broad SMARTS) is 1. The van der Waals surface area contributed by atoms with Crippen molar-refractivity contribution in [2.45, 2.75) is 56.3 Å². The van der Waals surface area contributed by atoms with Gasteiger partial charge in [-0.05, 0) is 48.7 Å². The number of carbonyl (C=O) groups is 4. The lowest BCUT2D eigenvalue weighted by Gasteiger charge is -2.25. The number of benzene rings is 2. The number of hydrogen-bond acceptors (Lipinski definition) is 7. The fourth-order valence-electron chi connectivity index (χ4n) is 5.35. The van der Waals surface area contributed by atoms with E-state index in [4.69, 9.17) is 0 Å². The maximum absolute atomic E-state index is 13.8. The summed E-state index contributed by atoms with van der Waals surface area (Å²) in [5.41, 5.74) is 2.80. The molecule has 44 heavy (non-hydrogen) atoms. The van der Waals surface area contributed by atoms with E-state index in [1.54, 1.807) is 24.5 Å². The van der Waals surface area contributed by atoms with Crippen molar-refractivity contribution in [1.29, 1.82) is 0 Å². The number of aromatic hydroxyl groups is 1. The second-order valence-electron chi connectivity index (χ2n) is 10.9. The van der Waals surface area contributed by atoms with Gasteiger partial charge in [0.2, 0.25) is 17.7 Å². The number of aromatic nitrogens is 3. The minimum atomic E-state index is -1.30. The van der Waals surface area contributed by atoms with E-state index in [1.165, 1.54) is 18.5 Å². The highest BCUT2D eigenvalue weighted by molar-refractivity contribution is 5.95. The zero-order valence-electron chi connectivity index (χ0n) is 23.9. The molecule has 2 aromatic heterocycles. The Labute approximate surface area is 252 Å². The number of aromatic amines is 2. The predicted molar refractivity (Wildman–Crippen MR) is 161 cm³/mol. The molecule has 0 bridgehead atoms. The lowest BCUT2D eigenvalue weighted by molar-refractivity contribution is -0.142. The van der Waals surface area contributed by atoms with Crippen molar-refractivity contribution >= 4 is 34.6 Å². The van der Waals surface area contributed by atoms with Gasteiger partial charge in [0.15, 0.2) is 0 Å². The van der Waals surface area contributed by atoms with Gasteiger partial charge in [0.05, 0.1) is 12.4 Å². The summed E-state index contributed by atoms with van der Waals surface area (Å²) < 4.78 is 0. The average Bonchev–Trinajstić information content (AvgIpc) is 3.80. The number of carboxylic acids is 1. The topological polar surface area (TPSA) is 201 Å². The van der Waals surface area contributed by atoms with Gasteiger partial charge in [-0.3, -0.25) is 14.4 Å². The van der Waals surface area contributed by atoms with Crippen molar-refractivity contribution in [3.63, 3.8) is 0 Å². The summed E-state index contributed by atoms with van der Waals surface area (Å²) in [6.07, 6.45) is 6.38. The number of imidazole rings is 1. The van der Waals surface area contributed by atoms with Crippen LogP contribution >= 0.6 is 0 Å². The molecule has 3 amide bonds. The van der Waals surface area contributed by atoms with E-state index in [0.717, 1.165) is 22.9 Å². The van der Waals surface area contributed by atoms with Crippen molar-refractivity contribution in [3.8, 4) is 5.75 Å². The van der Waals surface area contributed by atoms with E-state index in [2.05, 4.69) is 36.2 Å². The van der Waals surface area contributed by atoms with Crippen LogP contribution in [0.3, 0.4) is 0 Å². The average molecular weight is 602 g/mol. The second-order valence-corrected chi connectivity index (χ2v) is 10.9. The largest absolute Gasteiger partial charge is 0.508 e. The maximum Gasteiger partial charge on any atom is 0.326 e. The van der Waals surface area contributed by atoms with Gasteiger partial charge in [0.1, 0.15) is 23.9 Å². The molecule has 2 aromatic carbocycles. The van der Waals surface area contributed by atoms with Gasteiger partial charge in [-0.2, -0.15) is 0 Å². The third kappa shape index (κ3) is 7.61. The molecule has 0 spiro atoms. The SMILES string of the molecule is O=C(O)C(Cc1ccc(O)cc1)NC(=O)C(Cc1c[nH]c2ccccc12)NC(=O)C(Cc1cnc[nH]1)NC(=O)C1CCCN1. The molecule has 4 atom stereocenters. The van der Waals surface area contributed by atoms with E-state index >= 15 is 0 Å². The number of aliphatic carboxylic acids is 1. The Morgan fingerprint density at radius 3 is 2.30 bits per heavy atom. The smallest absolute Gasteiger partial charge is 0.326 e. The van der Waals surface area contributed by atoms with E-state index < -0.39 is 42.0 Å². The summed E-state index contributed by atoms with van der Waals surface area (Å²) in [5.74, 6) is -2.83. The Bertz CT molecular complexity index is 1600. The van der Waals surface area contributed by atoms with E-state index in [0.29, 0.717) is 24.2 Å². The van der Waals surface area contributed by atoms with Crippen LogP contribution in [-0.2, 0) is 38.4 Å². The molecule has 13 heteroatoms. The van der Waals surface area contributed by atoms with Crippen LogP contribution in [-0.4, -0.2) is 79.6 Å². The van der Waals surface area contributed by atoms with Crippen LogP contribution in [0.5, 0.6) is 5.75 Å². The number of hydrogen-bond donors (Lipinski definition) is 8. The van der Waals surface area contributed by atoms with Gasteiger partial charge < -0.3 is 41.4 Å². The van der Waals surface area contributed by atoms with Crippen molar-refractivity contribution in [3.05, 3.63) is 84.1 Å². The van der Waals surface area contributed by atoms with Crippen LogP contribution in [0.4, 0.5) is 0 Å². The molecule has 1 fully saturated rings. The predicted octanol–water partition coefficient (Wildman–Crippen LogP) is 0.915. The number of phenols is 1. The number of amides is 3. The van der Waals surface area contributed by atoms with Gasteiger partial charge >= 0.3 is 5.97 Å². The van der Waals surface area contributed by atoms with Crippen LogP contribution in [0.2, 0.25) is 0 Å². The molecule has 13 nitrogen and oxygen atoms in total. The zero-order valence-corrected chi connectivity index (χ0v) is 23.9. The first-order valence-electron chi connectivity index (χ1n) is 14.4. The molecule has 4 unspecified atom stereocenters. The fraction of sp³-hybridized carbons (Fsp3) is 0.323. The Hall–Kier alpha value is -5.17. The number of H-pyrrole nitrogens is 2. The molecular formula is C31H35N7O6. The summed E-state index contributed by atoms with van der Waals surface area (Å²) in [6.45, 7) is 0.706. The third-order valence-corrected chi connectivity index (χ3v) is 7.71. The Morgan fingerprint density at radius 1 is 0.886 bits per heavy atom. The highest BCUT2D eigenvalue weighted by Crippen LogP contribution is 2.20. The lowest BCUT2D eigenvalue weighted by atomic mass is 10.0. The normalized spacial score (nSPS) is 16.6. The number of nitrogens with one attached hydrogen (secondary N) is 6. The van der Waals surface area contributed by atoms with Crippen LogP contribution < -0.4 is 21.3 Å². The van der Waals surface area contributed by atoms with Crippen LogP contribution in [0.15, 0.2) is 67.3 Å². The first kappa shape index (κ1) is 30.3. The molecule has 0 aliphatic carbocycles. The molecule has 5 rings (SSSR count). The molecule has 3 heterocycles. The molecule has 4 aromatic rings. The quantitative estimate of drug-likeness (QED) is 0.110. The van der Waals surface area contributed by atoms with Crippen LogP contribution in [0, 0.1) is 0 Å². The second kappa shape index (κ2) is 13.9. The lowest BCUT2D eigenvalue weighted by Crippen LogP contribution is -2.58. The van der Waals surface area contributed by atoms with Gasteiger partial charge in [-0.15, -0.1) is 0 Å². The van der Waals surface area contributed by atoms with Crippen molar-refractivity contribution < 1.29 is 29.4 Å². The van der Waals surface area contributed by atoms with E-state index in [1.807, 2.05) is 24.3 Å². The molecule has 1 aliphatic heterocycles. The molecule has 1 aliphatic rings. The highest BCUT2D eigenvalue weighted by Gasteiger charge is 2.32. The van der Waals surface area contributed by atoms with E-state index in [-0.39, 0.29) is 30.9 Å². The van der Waals surface area contributed by atoms with Crippen molar-refractivity contribution in [2.75, 3.05) is 6.54 Å². The van der Waals surface area contributed by atoms with Crippen LogP contribution in [0.25, 0.3) is 10.9 Å². The van der Waals surface area contributed by atoms with Gasteiger partial charge in [-0.1, -0.05) is 30.3 Å². The Morgan fingerprint density at radius 2 is 1.61 bits per heavy atom. The molecule has 1 saturated heterocycles. The van der Waals surface area contributed by atoms with Gasteiger partial charge in [-0.25, -0.2) is 9.78 Å². The highest BCUT2D eigenvalue weighted by atomic mass is 16.4. The molecule has 8 N–H and O–H groups in total. The zero-order chi connectivity index (χ0) is 31.1. The summed E-state index contributed by atoms with van der Waals surface area (Å²) in [6, 6.07) is 9.60. The summed E-state index contributed by atoms with van der Waals surface area (Å²) >= 11 is 0. The third-order valence-electron chi connectivity index (χ3n) is 7.71. The monoisotopic (exact) mass is 601 g/mol. The number of para-hydroxylation sites is 1. The summed E-state index contributed by atoms with van der Waals surface area (Å²) in [7, 11) is 0. The fourth-order valence-corrected chi connectivity index (χ4v) is 5.35. The number of phenolic OH excluding ortho intramolecular Hbond substituents is 1. The first-order valence-corrected chi connectivity index (χ1v) is 14.4. The standard InChI is InChI=1S/C31H35N7O6/c39-21-9-7-18(8-10-21)12-27(31(43)44)38-29(41)25(13-19-15-34-23-5-2-1-4-22(19)23)36-30(42)26(14-20-16-32-17-35-20)37-28(40)24-6-3-11-33-24/h1-2,4-5,7-10,15-17,24-27,33-34,39H,3,6,11-14H2,(H,32,35)(H,36,42)(H,37,40)(H,38,41)(H,43,44). The number of carbonyl (C=O) groups excluding carboxylic acids is 3. The van der Waals surface area contributed by atoms with Crippen molar-refractivity contribution in [2.24, 2.45) is 0 Å². The molecular weight excluding hydrogens is 566 g/mol. The molecule has 230 valence electrons. The van der Waals surface area contributed by atoms with Gasteiger partial charge in [0, 0.05) is 48.3 Å². The van der Waals surface area contributed by atoms with Gasteiger partial charge in [0.25, 0.3) is 0 Å². The summed E-state index contributed by atoms with van der Waals surface area (Å²) in [4.78, 5) is 62.7. The molecule has 0 radical (unpaired) electrons. The summed E-state index contributed by atoms with van der Waals surface area (Å²) in [5, 5.41) is 31.6. The van der Waals surface area contributed by atoms with Crippen LogP contribution in [0.1, 0.15) is 29.7 Å². The van der Waals surface area contributed by atoms with E-state index in [9.17, 15) is 29.4 Å². The minimum Gasteiger partial charge on any atom is -0.508 e. The number of fused-ring (bicyclic) bond motifs is 1. The number of nitrogens with zero attached hydrogens (tertiary/aromatic N) is 1. The Balaban J connectivity index is 1.38. The van der Waals surface area contributed by atoms with Crippen molar-refractivity contribution in [1.82, 2.24) is 36.2 Å². The Kier molecular flexibility index (Phi) is 9.55.